The Morgan fingerprint density at radius 2 is 2.00 bits per heavy atom. The second kappa shape index (κ2) is 10.8. The first-order valence-electron chi connectivity index (χ1n) is 10.7. The van der Waals surface area contributed by atoms with Gasteiger partial charge in [0.1, 0.15) is 5.76 Å². The minimum absolute atomic E-state index is 0.241. The number of rotatable bonds is 7. The Bertz CT molecular complexity index is 586. The summed E-state index contributed by atoms with van der Waals surface area (Å²) in [5.41, 5.74) is 0. The van der Waals surface area contributed by atoms with Crippen LogP contribution in [0.2, 0.25) is 0 Å². The first kappa shape index (κ1) is 21.1. The molecule has 7 heteroatoms. The molecule has 0 spiro atoms. The Hall–Kier alpha value is -1.57. The van der Waals surface area contributed by atoms with Gasteiger partial charge in [-0.25, -0.2) is 0 Å². The van der Waals surface area contributed by atoms with Gasteiger partial charge >= 0.3 is 0 Å². The van der Waals surface area contributed by atoms with Crippen molar-refractivity contribution in [3.63, 3.8) is 0 Å². The van der Waals surface area contributed by atoms with E-state index in [0.29, 0.717) is 12.1 Å². The Kier molecular flexibility index (Phi) is 8.18. The summed E-state index contributed by atoms with van der Waals surface area (Å²) in [6.07, 6.45) is 5.62. The van der Waals surface area contributed by atoms with E-state index in [2.05, 4.69) is 45.3 Å². The largest absolute Gasteiger partial charge is 0.468 e. The molecule has 2 saturated heterocycles. The molecule has 3 unspecified atom stereocenters. The lowest BCUT2D eigenvalue weighted by Crippen LogP contribution is -2.53. The first-order chi connectivity index (χ1) is 13.7. The Labute approximate surface area is 169 Å². The van der Waals surface area contributed by atoms with Crippen LogP contribution in [0.4, 0.5) is 0 Å². The number of furan rings is 1. The quantitative estimate of drug-likeness (QED) is 0.548. The second-order valence-electron chi connectivity index (χ2n) is 7.97. The molecule has 3 atom stereocenters. The molecule has 3 rings (SSSR count). The smallest absolute Gasteiger partial charge is 0.191 e. The molecule has 2 aliphatic heterocycles. The topological polar surface area (TPSA) is 65.3 Å². The summed E-state index contributed by atoms with van der Waals surface area (Å²) >= 11 is 0. The summed E-state index contributed by atoms with van der Waals surface area (Å²) in [7, 11) is 1.83. The Balaban J connectivity index is 1.51. The van der Waals surface area contributed by atoms with Gasteiger partial charge in [-0.1, -0.05) is 6.42 Å². The molecule has 0 amide bonds. The van der Waals surface area contributed by atoms with Crippen molar-refractivity contribution in [2.75, 3.05) is 53.0 Å². The number of guanidine groups is 1. The van der Waals surface area contributed by atoms with Gasteiger partial charge in [-0.3, -0.25) is 14.8 Å². The number of likely N-dealkylation sites (tertiary alicyclic amines) is 1. The van der Waals surface area contributed by atoms with Gasteiger partial charge < -0.3 is 19.8 Å². The second-order valence-corrected chi connectivity index (χ2v) is 7.97. The van der Waals surface area contributed by atoms with Crippen molar-refractivity contribution in [3.8, 4) is 0 Å². The van der Waals surface area contributed by atoms with Crippen molar-refractivity contribution in [2.24, 2.45) is 4.99 Å². The van der Waals surface area contributed by atoms with Gasteiger partial charge in [-0.2, -0.15) is 0 Å². The van der Waals surface area contributed by atoms with Crippen LogP contribution in [0.5, 0.6) is 0 Å². The summed E-state index contributed by atoms with van der Waals surface area (Å²) in [6, 6.07) is 5.19. The number of morpholine rings is 1. The van der Waals surface area contributed by atoms with Gasteiger partial charge in [0.2, 0.25) is 0 Å². The summed E-state index contributed by atoms with van der Waals surface area (Å²) < 4.78 is 11.3. The predicted molar refractivity (Wildman–Crippen MR) is 113 cm³/mol. The zero-order valence-electron chi connectivity index (χ0n) is 17.7. The SMILES string of the molecule is CN=C(NCC(c1ccco1)N1CCCCC1)NCC(C)N1CCOCC1C. The molecule has 2 aliphatic rings. The molecule has 0 radical (unpaired) electrons. The monoisotopic (exact) mass is 391 g/mol. The summed E-state index contributed by atoms with van der Waals surface area (Å²) in [6.45, 7) is 11.0. The molecule has 28 heavy (non-hydrogen) atoms. The van der Waals surface area contributed by atoms with Crippen molar-refractivity contribution in [1.29, 1.82) is 0 Å². The standard InChI is InChI=1S/C21H37N5O2/c1-17(26-11-13-27-16-18(26)2)14-23-21(22-3)24-15-19(20-8-7-12-28-20)25-9-5-4-6-10-25/h7-8,12,17-19H,4-6,9-11,13-16H2,1-3H3,(H2,22,23,24). The van der Waals surface area contributed by atoms with Crippen LogP contribution in [0.25, 0.3) is 0 Å². The van der Waals surface area contributed by atoms with E-state index < -0.39 is 0 Å². The third-order valence-electron chi connectivity index (χ3n) is 5.94. The molecule has 2 fully saturated rings. The fraction of sp³-hybridized carbons (Fsp3) is 0.762. The van der Waals surface area contributed by atoms with Gasteiger partial charge in [-0.15, -0.1) is 0 Å². The molecular formula is C21H37N5O2. The zero-order valence-corrected chi connectivity index (χ0v) is 17.7. The molecule has 7 nitrogen and oxygen atoms in total. The van der Waals surface area contributed by atoms with E-state index in [1.807, 2.05) is 13.1 Å². The minimum Gasteiger partial charge on any atom is -0.468 e. The van der Waals surface area contributed by atoms with Crippen LogP contribution in [-0.4, -0.2) is 80.8 Å². The highest BCUT2D eigenvalue weighted by atomic mass is 16.5. The molecule has 1 aromatic rings. The van der Waals surface area contributed by atoms with E-state index in [1.54, 1.807) is 6.26 Å². The van der Waals surface area contributed by atoms with Gasteiger partial charge in [0.25, 0.3) is 0 Å². The van der Waals surface area contributed by atoms with E-state index in [9.17, 15) is 0 Å². The Morgan fingerprint density at radius 1 is 1.21 bits per heavy atom. The molecule has 1 aromatic heterocycles. The van der Waals surface area contributed by atoms with E-state index in [4.69, 9.17) is 9.15 Å². The van der Waals surface area contributed by atoms with Crippen LogP contribution in [0, 0.1) is 0 Å². The minimum atomic E-state index is 0.241. The lowest BCUT2D eigenvalue weighted by Gasteiger charge is -2.38. The number of hydrogen-bond acceptors (Lipinski definition) is 5. The van der Waals surface area contributed by atoms with E-state index in [1.165, 1.54) is 19.3 Å². The fourth-order valence-electron chi connectivity index (χ4n) is 4.29. The number of nitrogens with zero attached hydrogens (tertiary/aromatic N) is 3. The summed E-state index contributed by atoms with van der Waals surface area (Å²) in [5.74, 6) is 1.88. The van der Waals surface area contributed by atoms with Crippen molar-refractivity contribution in [3.05, 3.63) is 24.2 Å². The van der Waals surface area contributed by atoms with Gasteiger partial charge in [0.05, 0.1) is 25.5 Å². The third-order valence-corrected chi connectivity index (χ3v) is 5.94. The van der Waals surface area contributed by atoms with Crippen LogP contribution in [0.15, 0.2) is 27.8 Å². The molecular weight excluding hydrogens is 354 g/mol. The van der Waals surface area contributed by atoms with Crippen molar-refractivity contribution >= 4 is 5.96 Å². The Morgan fingerprint density at radius 3 is 2.68 bits per heavy atom. The third kappa shape index (κ3) is 5.72. The normalized spacial score (nSPS) is 24.7. The predicted octanol–water partition coefficient (Wildman–Crippen LogP) is 2.08. The number of ether oxygens (including phenoxy) is 1. The highest BCUT2D eigenvalue weighted by Gasteiger charge is 2.26. The van der Waals surface area contributed by atoms with E-state index >= 15 is 0 Å². The number of hydrogen-bond donors (Lipinski definition) is 2. The number of nitrogens with one attached hydrogen (secondary N) is 2. The summed E-state index contributed by atoms with van der Waals surface area (Å²) in [5, 5.41) is 7.02. The highest BCUT2D eigenvalue weighted by molar-refractivity contribution is 5.79. The van der Waals surface area contributed by atoms with Crippen LogP contribution < -0.4 is 10.6 Å². The number of piperidine rings is 1. The van der Waals surface area contributed by atoms with Crippen LogP contribution >= 0.6 is 0 Å². The molecule has 0 aromatic carbocycles. The molecule has 158 valence electrons. The van der Waals surface area contributed by atoms with E-state index in [0.717, 1.165) is 57.7 Å². The summed E-state index contributed by atoms with van der Waals surface area (Å²) in [4.78, 5) is 9.46. The molecule has 0 saturated carbocycles. The van der Waals surface area contributed by atoms with Gasteiger partial charge in [0, 0.05) is 38.8 Å². The van der Waals surface area contributed by atoms with Crippen LogP contribution in [0.3, 0.4) is 0 Å². The molecule has 0 bridgehead atoms. The first-order valence-corrected chi connectivity index (χ1v) is 10.7. The van der Waals surface area contributed by atoms with Crippen molar-refractivity contribution in [2.45, 2.75) is 51.2 Å². The highest BCUT2D eigenvalue weighted by Crippen LogP contribution is 2.24. The average Bonchev–Trinajstić information content (AvgIpc) is 3.26. The average molecular weight is 392 g/mol. The molecule has 2 N–H and O–H groups in total. The zero-order chi connectivity index (χ0) is 19.8. The van der Waals surface area contributed by atoms with Gasteiger partial charge in [-0.05, 0) is 51.9 Å². The van der Waals surface area contributed by atoms with Crippen molar-refractivity contribution < 1.29 is 9.15 Å². The number of aliphatic imine (C=N–C) groups is 1. The van der Waals surface area contributed by atoms with Crippen LogP contribution in [-0.2, 0) is 4.74 Å². The molecule has 0 aliphatic carbocycles. The maximum Gasteiger partial charge on any atom is 0.191 e. The van der Waals surface area contributed by atoms with Crippen molar-refractivity contribution in [1.82, 2.24) is 20.4 Å². The lowest BCUT2D eigenvalue weighted by molar-refractivity contribution is -0.0174. The maximum absolute atomic E-state index is 5.74. The fourth-order valence-corrected chi connectivity index (χ4v) is 4.29. The molecule has 3 heterocycles. The van der Waals surface area contributed by atoms with E-state index in [-0.39, 0.29) is 6.04 Å². The maximum atomic E-state index is 5.74. The van der Waals surface area contributed by atoms with Gasteiger partial charge in [0.15, 0.2) is 5.96 Å². The van der Waals surface area contributed by atoms with Crippen LogP contribution in [0.1, 0.15) is 44.9 Å². The lowest BCUT2D eigenvalue weighted by atomic mass is 10.1.